The Morgan fingerprint density at radius 3 is 2.45 bits per heavy atom. The van der Waals surface area contributed by atoms with Gasteiger partial charge in [0.05, 0.1) is 6.04 Å². The number of likely N-dealkylation sites (tertiary alicyclic amines) is 1. The Hall–Kier alpha value is -1.39. The number of aryl methyl sites for hydroxylation is 1. The Balaban J connectivity index is 2.18. The van der Waals surface area contributed by atoms with Crippen LogP contribution in [0.1, 0.15) is 35.2 Å². The van der Waals surface area contributed by atoms with Gasteiger partial charge in [-0.15, -0.1) is 0 Å². The molecule has 0 radical (unpaired) electrons. The van der Waals surface area contributed by atoms with Crippen LogP contribution >= 0.6 is 0 Å². The second-order valence-electron chi connectivity index (χ2n) is 5.27. The largest absolute Gasteiger partial charge is 0.354 e. The fraction of sp³-hybridized carbons (Fsp3) is 0.562. The molecule has 0 spiro atoms. The quantitative estimate of drug-likeness (QED) is 0.794. The van der Waals surface area contributed by atoms with Gasteiger partial charge >= 0.3 is 0 Å². The second kappa shape index (κ2) is 6.86. The van der Waals surface area contributed by atoms with Crippen LogP contribution in [0.3, 0.4) is 0 Å². The van der Waals surface area contributed by atoms with Gasteiger partial charge in [-0.25, -0.2) is 0 Å². The summed E-state index contributed by atoms with van der Waals surface area (Å²) in [6.45, 7) is 2.78. The van der Waals surface area contributed by atoms with E-state index in [9.17, 15) is 4.79 Å². The summed E-state index contributed by atoms with van der Waals surface area (Å²) in [5, 5.41) is 0. The van der Waals surface area contributed by atoms with Gasteiger partial charge in [-0.1, -0.05) is 17.7 Å². The van der Waals surface area contributed by atoms with E-state index in [2.05, 4.69) is 0 Å². The summed E-state index contributed by atoms with van der Waals surface area (Å²) >= 11 is 0. The third-order valence-corrected chi connectivity index (χ3v) is 3.89. The van der Waals surface area contributed by atoms with E-state index >= 15 is 0 Å². The molecule has 1 aromatic carbocycles. The van der Waals surface area contributed by atoms with Crippen LogP contribution in [-0.2, 0) is 9.47 Å². The van der Waals surface area contributed by atoms with Crippen molar-refractivity contribution in [1.29, 1.82) is 0 Å². The average Bonchev–Trinajstić information content (AvgIpc) is 2.49. The molecule has 1 amide bonds. The fourth-order valence-electron chi connectivity index (χ4n) is 2.76. The standard InChI is InChI=1S/C16H23NO3/c1-12-7-9-13(10-8-12)15(18)17-11-5-4-6-14(17)16(19-2)20-3/h7-10,14,16H,4-6,11H2,1-3H3/t14-/m0/s1. The van der Waals surface area contributed by atoms with Crippen molar-refractivity contribution in [2.24, 2.45) is 0 Å². The molecule has 1 atom stereocenters. The lowest BCUT2D eigenvalue weighted by Crippen LogP contribution is -2.50. The molecule has 1 fully saturated rings. The smallest absolute Gasteiger partial charge is 0.254 e. The first kappa shape index (κ1) is 15.0. The Labute approximate surface area is 120 Å². The first-order chi connectivity index (χ1) is 9.67. The van der Waals surface area contributed by atoms with Gasteiger partial charge < -0.3 is 14.4 Å². The summed E-state index contributed by atoms with van der Waals surface area (Å²) in [5.74, 6) is 0.0637. The summed E-state index contributed by atoms with van der Waals surface area (Å²) in [7, 11) is 3.24. The van der Waals surface area contributed by atoms with Crippen LogP contribution < -0.4 is 0 Å². The van der Waals surface area contributed by atoms with Crippen molar-refractivity contribution < 1.29 is 14.3 Å². The van der Waals surface area contributed by atoms with Gasteiger partial charge in [-0.3, -0.25) is 4.79 Å². The molecule has 110 valence electrons. The lowest BCUT2D eigenvalue weighted by molar-refractivity contribution is -0.146. The monoisotopic (exact) mass is 277 g/mol. The first-order valence-corrected chi connectivity index (χ1v) is 7.10. The van der Waals surface area contributed by atoms with Crippen LogP contribution in [-0.4, -0.2) is 43.9 Å². The summed E-state index contributed by atoms with van der Waals surface area (Å²) in [6, 6.07) is 7.70. The minimum absolute atomic E-state index is 0.00690. The van der Waals surface area contributed by atoms with Gasteiger partial charge in [0.2, 0.25) is 0 Å². The number of hydrogen-bond acceptors (Lipinski definition) is 3. The molecule has 4 nitrogen and oxygen atoms in total. The topological polar surface area (TPSA) is 38.8 Å². The summed E-state index contributed by atoms with van der Waals surface area (Å²) < 4.78 is 10.7. The van der Waals surface area contributed by atoms with Crippen LogP contribution in [0.15, 0.2) is 24.3 Å². The third-order valence-electron chi connectivity index (χ3n) is 3.89. The van der Waals surface area contributed by atoms with Crippen LogP contribution in [0.4, 0.5) is 0 Å². The van der Waals surface area contributed by atoms with Crippen molar-refractivity contribution in [3.63, 3.8) is 0 Å². The SMILES string of the molecule is COC(OC)[C@@H]1CCCCN1C(=O)c1ccc(C)cc1. The molecular formula is C16H23NO3. The molecule has 1 saturated heterocycles. The highest BCUT2D eigenvalue weighted by atomic mass is 16.7. The molecular weight excluding hydrogens is 254 g/mol. The molecule has 0 bridgehead atoms. The molecule has 0 aromatic heterocycles. The van der Waals surface area contributed by atoms with Gasteiger partial charge in [-0.2, -0.15) is 0 Å². The van der Waals surface area contributed by atoms with Gasteiger partial charge in [0, 0.05) is 26.3 Å². The maximum absolute atomic E-state index is 12.7. The van der Waals surface area contributed by atoms with Crippen molar-refractivity contribution in [1.82, 2.24) is 4.90 Å². The Morgan fingerprint density at radius 2 is 1.85 bits per heavy atom. The second-order valence-corrected chi connectivity index (χ2v) is 5.27. The van der Waals surface area contributed by atoms with E-state index in [1.807, 2.05) is 36.1 Å². The van der Waals surface area contributed by atoms with Gasteiger partial charge in [0.25, 0.3) is 5.91 Å². The minimum atomic E-state index is -0.357. The third kappa shape index (κ3) is 3.19. The molecule has 0 unspecified atom stereocenters. The van der Waals surface area contributed by atoms with Gasteiger partial charge in [0.1, 0.15) is 0 Å². The number of piperidine rings is 1. The zero-order valence-electron chi connectivity index (χ0n) is 12.5. The van der Waals surface area contributed by atoms with Crippen LogP contribution in [0.2, 0.25) is 0 Å². The number of ether oxygens (including phenoxy) is 2. The molecule has 0 aliphatic carbocycles. The molecule has 1 aliphatic rings. The number of rotatable bonds is 4. The molecule has 4 heteroatoms. The number of benzene rings is 1. The highest BCUT2D eigenvalue weighted by Gasteiger charge is 2.33. The molecule has 0 saturated carbocycles. The average molecular weight is 277 g/mol. The number of amides is 1. The van der Waals surface area contributed by atoms with Crippen molar-refractivity contribution in [2.75, 3.05) is 20.8 Å². The Morgan fingerprint density at radius 1 is 1.20 bits per heavy atom. The normalized spacial score (nSPS) is 19.4. The van der Waals surface area contributed by atoms with E-state index in [1.54, 1.807) is 14.2 Å². The number of hydrogen-bond donors (Lipinski definition) is 0. The minimum Gasteiger partial charge on any atom is -0.354 e. The lowest BCUT2D eigenvalue weighted by atomic mass is 10.00. The predicted octanol–water partition coefficient (Wildman–Crippen LogP) is 2.61. The first-order valence-electron chi connectivity index (χ1n) is 7.10. The number of nitrogens with zero attached hydrogens (tertiary/aromatic N) is 1. The number of carbonyl (C=O) groups is 1. The number of methoxy groups -OCH3 is 2. The maximum atomic E-state index is 12.7. The van der Waals surface area contributed by atoms with E-state index in [1.165, 1.54) is 0 Å². The van der Waals surface area contributed by atoms with Crippen molar-refractivity contribution in [2.45, 2.75) is 38.5 Å². The Bertz CT molecular complexity index is 440. The molecule has 20 heavy (non-hydrogen) atoms. The summed E-state index contributed by atoms with van der Waals surface area (Å²) in [4.78, 5) is 14.6. The molecule has 1 heterocycles. The predicted molar refractivity (Wildman–Crippen MR) is 77.7 cm³/mol. The zero-order chi connectivity index (χ0) is 14.5. The van der Waals surface area contributed by atoms with Crippen LogP contribution in [0.25, 0.3) is 0 Å². The summed E-state index contributed by atoms with van der Waals surface area (Å²) in [6.07, 6.45) is 2.70. The molecule has 1 aromatic rings. The summed E-state index contributed by atoms with van der Waals surface area (Å²) in [5.41, 5.74) is 1.89. The van der Waals surface area contributed by atoms with Crippen molar-refractivity contribution >= 4 is 5.91 Å². The van der Waals surface area contributed by atoms with Crippen LogP contribution in [0.5, 0.6) is 0 Å². The van der Waals surface area contributed by atoms with E-state index in [-0.39, 0.29) is 18.2 Å². The lowest BCUT2D eigenvalue weighted by Gasteiger charge is -2.39. The highest BCUT2D eigenvalue weighted by Crippen LogP contribution is 2.23. The van der Waals surface area contributed by atoms with Crippen molar-refractivity contribution in [3.8, 4) is 0 Å². The van der Waals surface area contributed by atoms with E-state index in [0.29, 0.717) is 0 Å². The van der Waals surface area contributed by atoms with Gasteiger partial charge in [-0.05, 0) is 38.3 Å². The van der Waals surface area contributed by atoms with E-state index in [0.717, 1.165) is 36.9 Å². The fourth-order valence-corrected chi connectivity index (χ4v) is 2.76. The van der Waals surface area contributed by atoms with Crippen LogP contribution in [0, 0.1) is 6.92 Å². The van der Waals surface area contributed by atoms with E-state index < -0.39 is 0 Å². The van der Waals surface area contributed by atoms with Gasteiger partial charge in [0.15, 0.2) is 6.29 Å². The molecule has 2 rings (SSSR count). The van der Waals surface area contributed by atoms with E-state index in [4.69, 9.17) is 9.47 Å². The zero-order valence-corrected chi connectivity index (χ0v) is 12.5. The van der Waals surface area contributed by atoms with Crippen molar-refractivity contribution in [3.05, 3.63) is 35.4 Å². The maximum Gasteiger partial charge on any atom is 0.254 e. The molecule has 0 N–H and O–H groups in total. The molecule has 1 aliphatic heterocycles. The Kier molecular flexibility index (Phi) is 5.15. The highest BCUT2D eigenvalue weighted by molar-refractivity contribution is 5.94. The number of carbonyl (C=O) groups excluding carboxylic acids is 1.